The molecular formula is C17H16N2S2. The number of hydrogen-bond donors (Lipinski definition) is 1. The lowest BCUT2D eigenvalue weighted by Gasteiger charge is -2.09. The van der Waals surface area contributed by atoms with Crippen LogP contribution in [0, 0.1) is 6.92 Å². The first-order valence-electron chi connectivity index (χ1n) is 6.60. The van der Waals surface area contributed by atoms with E-state index in [-0.39, 0.29) is 0 Å². The highest BCUT2D eigenvalue weighted by Gasteiger charge is 2.15. The minimum atomic E-state index is 0.836. The number of pyridine rings is 1. The summed E-state index contributed by atoms with van der Waals surface area (Å²) in [4.78, 5) is 7.80. The van der Waals surface area contributed by atoms with Crippen molar-refractivity contribution >= 4 is 43.9 Å². The largest absolute Gasteiger partial charge is 0.397 e. The fraction of sp³-hybridized carbons (Fsp3) is 0.118. The Kier molecular flexibility index (Phi) is 3.74. The molecule has 3 aromatic rings. The lowest BCUT2D eigenvalue weighted by Crippen LogP contribution is -1.91. The fourth-order valence-corrected chi connectivity index (χ4v) is 3.61. The number of anilines is 1. The van der Waals surface area contributed by atoms with Gasteiger partial charge in [0.15, 0.2) is 0 Å². The monoisotopic (exact) mass is 312 g/mol. The Morgan fingerprint density at radius 2 is 2.00 bits per heavy atom. The predicted octanol–water partition coefficient (Wildman–Crippen LogP) is 5.19. The van der Waals surface area contributed by atoms with Gasteiger partial charge in [0.25, 0.3) is 0 Å². The second kappa shape index (κ2) is 5.54. The van der Waals surface area contributed by atoms with Crippen molar-refractivity contribution < 1.29 is 0 Å². The number of aryl methyl sites for hydroxylation is 1. The van der Waals surface area contributed by atoms with E-state index in [1.54, 1.807) is 23.1 Å². The third kappa shape index (κ3) is 2.45. The molecule has 0 radical (unpaired) electrons. The van der Waals surface area contributed by atoms with Gasteiger partial charge in [-0.2, -0.15) is 0 Å². The Morgan fingerprint density at radius 1 is 1.29 bits per heavy atom. The first-order chi connectivity index (χ1) is 10.1. The molecule has 0 aliphatic carbocycles. The molecule has 0 aliphatic rings. The molecule has 0 fully saturated rings. The van der Waals surface area contributed by atoms with Gasteiger partial charge in [0.2, 0.25) is 0 Å². The molecule has 1 aromatic carbocycles. The molecule has 2 N–H and O–H groups in total. The standard InChI is InChI=1S/C17H16N2S2/c1-10(20-3)14-9-13(12-7-5-4-6-8-12)15-16(18)11(2)21-17(15)19-14/h4-9H,1,18H2,2-3H3. The van der Waals surface area contributed by atoms with E-state index in [9.17, 15) is 0 Å². The summed E-state index contributed by atoms with van der Waals surface area (Å²) in [6, 6.07) is 12.4. The van der Waals surface area contributed by atoms with Gasteiger partial charge in [0, 0.05) is 15.2 Å². The lowest BCUT2D eigenvalue weighted by atomic mass is 10.0. The number of nitrogen functional groups attached to an aromatic ring is 1. The minimum absolute atomic E-state index is 0.836. The number of fused-ring (bicyclic) bond motifs is 1. The summed E-state index contributed by atoms with van der Waals surface area (Å²) in [5.41, 5.74) is 10.3. The van der Waals surface area contributed by atoms with E-state index in [4.69, 9.17) is 10.7 Å². The van der Waals surface area contributed by atoms with E-state index in [0.717, 1.165) is 42.5 Å². The number of thioether (sulfide) groups is 1. The number of nitrogens with zero attached hydrogens (tertiary/aromatic N) is 1. The molecule has 21 heavy (non-hydrogen) atoms. The zero-order valence-corrected chi connectivity index (χ0v) is 13.6. The van der Waals surface area contributed by atoms with Crippen LogP contribution in [0.25, 0.3) is 26.2 Å². The van der Waals surface area contributed by atoms with Crippen LogP contribution in [0.3, 0.4) is 0 Å². The van der Waals surface area contributed by atoms with Crippen LogP contribution in [-0.2, 0) is 0 Å². The highest BCUT2D eigenvalue weighted by molar-refractivity contribution is 8.07. The smallest absolute Gasteiger partial charge is 0.127 e. The SMILES string of the molecule is C=C(SC)c1cc(-c2ccccc2)c2c(N)c(C)sc2n1. The van der Waals surface area contributed by atoms with Crippen LogP contribution in [0.5, 0.6) is 0 Å². The highest BCUT2D eigenvalue weighted by Crippen LogP contribution is 2.40. The number of rotatable bonds is 3. The zero-order valence-electron chi connectivity index (χ0n) is 12.0. The van der Waals surface area contributed by atoms with E-state index in [1.807, 2.05) is 31.4 Å². The average molecular weight is 312 g/mol. The normalized spacial score (nSPS) is 11.0. The van der Waals surface area contributed by atoms with Crippen LogP contribution in [0.4, 0.5) is 5.69 Å². The number of hydrogen-bond acceptors (Lipinski definition) is 4. The topological polar surface area (TPSA) is 38.9 Å². The molecule has 0 atom stereocenters. The Hall–Kier alpha value is -1.78. The summed E-state index contributed by atoms with van der Waals surface area (Å²) < 4.78 is 0. The summed E-state index contributed by atoms with van der Waals surface area (Å²) in [6.45, 7) is 6.13. The molecule has 0 saturated heterocycles. The van der Waals surface area contributed by atoms with Gasteiger partial charge in [-0.25, -0.2) is 4.98 Å². The number of thiophene rings is 1. The summed E-state index contributed by atoms with van der Waals surface area (Å²) in [5, 5.41) is 1.06. The van der Waals surface area contributed by atoms with Gasteiger partial charge in [-0.05, 0) is 30.4 Å². The Labute approximate surface area is 132 Å². The fourth-order valence-electron chi connectivity index (χ4n) is 2.32. The van der Waals surface area contributed by atoms with E-state index >= 15 is 0 Å². The van der Waals surface area contributed by atoms with Gasteiger partial charge in [0.05, 0.1) is 11.4 Å². The van der Waals surface area contributed by atoms with Crippen molar-refractivity contribution in [3.8, 4) is 11.1 Å². The molecule has 0 aliphatic heterocycles. The molecule has 0 unspecified atom stereocenters. The van der Waals surface area contributed by atoms with E-state index in [2.05, 4.69) is 24.8 Å². The molecule has 106 valence electrons. The molecule has 0 saturated carbocycles. The third-order valence-electron chi connectivity index (χ3n) is 3.50. The molecule has 2 heterocycles. The maximum atomic E-state index is 6.28. The van der Waals surface area contributed by atoms with E-state index in [1.165, 1.54) is 0 Å². The molecule has 0 bridgehead atoms. The van der Waals surface area contributed by atoms with Crippen LogP contribution in [-0.4, -0.2) is 11.2 Å². The molecule has 4 heteroatoms. The van der Waals surface area contributed by atoms with Crippen LogP contribution >= 0.6 is 23.1 Å². The minimum Gasteiger partial charge on any atom is -0.397 e. The zero-order chi connectivity index (χ0) is 15.0. The maximum Gasteiger partial charge on any atom is 0.127 e. The molecular weight excluding hydrogens is 296 g/mol. The van der Waals surface area contributed by atoms with Crippen LogP contribution in [0.15, 0.2) is 43.0 Å². The second-order valence-corrected chi connectivity index (χ2v) is 6.90. The first kappa shape index (κ1) is 14.2. The van der Waals surface area contributed by atoms with Crippen molar-refractivity contribution in [2.75, 3.05) is 12.0 Å². The Morgan fingerprint density at radius 3 is 2.67 bits per heavy atom. The molecule has 3 rings (SSSR count). The summed E-state index contributed by atoms with van der Waals surface area (Å²) in [5.74, 6) is 0. The lowest BCUT2D eigenvalue weighted by molar-refractivity contribution is 1.39. The van der Waals surface area contributed by atoms with Gasteiger partial charge in [-0.1, -0.05) is 36.9 Å². The third-order valence-corrected chi connectivity index (χ3v) is 5.22. The van der Waals surface area contributed by atoms with Gasteiger partial charge < -0.3 is 5.73 Å². The highest BCUT2D eigenvalue weighted by atomic mass is 32.2. The van der Waals surface area contributed by atoms with Crippen LogP contribution < -0.4 is 5.73 Å². The number of nitrogens with two attached hydrogens (primary N) is 1. The summed E-state index contributed by atoms with van der Waals surface area (Å²) in [7, 11) is 0. The van der Waals surface area contributed by atoms with Crippen molar-refractivity contribution in [3.05, 3.63) is 53.5 Å². The number of benzene rings is 1. The second-order valence-electron chi connectivity index (χ2n) is 4.80. The Bertz CT molecular complexity index is 820. The van der Waals surface area contributed by atoms with Crippen molar-refractivity contribution in [1.82, 2.24) is 4.98 Å². The molecule has 0 amide bonds. The van der Waals surface area contributed by atoms with Crippen molar-refractivity contribution in [1.29, 1.82) is 0 Å². The molecule has 2 aromatic heterocycles. The van der Waals surface area contributed by atoms with Gasteiger partial charge in [-0.15, -0.1) is 23.1 Å². The van der Waals surface area contributed by atoms with Crippen LogP contribution in [0.1, 0.15) is 10.6 Å². The van der Waals surface area contributed by atoms with Gasteiger partial charge >= 0.3 is 0 Å². The van der Waals surface area contributed by atoms with Crippen LogP contribution in [0.2, 0.25) is 0 Å². The maximum absolute atomic E-state index is 6.28. The molecule has 2 nitrogen and oxygen atoms in total. The van der Waals surface area contributed by atoms with Gasteiger partial charge in [0.1, 0.15) is 4.83 Å². The number of aromatic nitrogens is 1. The quantitative estimate of drug-likeness (QED) is 0.723. The molecule has 0 spiro atoms. The van der Waals surface area contributed by atoms with Crippen molar-refractivity contribution in [2.45, 2.75) is 6.92 Å². The first-order valence-corrected chi connectivity index (χ1v) is 8.64. The predicted molar refractivity (Wildman–Crippen MR) is 96.8 cm³/mol. The summed E-state index contributed by atoms with van der Waals surface area (Å²) >= 11 is 3.26. The Balaban J connectivity index is 2.36. The average Bonchev–Trinajstić information content (AvgIpc) is 2.81. The summed E-state index contributed by atoms with van der Waals surface area (Å²) in [6.07, 6.45) is 2.02. The van der Waals surface area contributed by atoms with Crippen molar-refractivity contribution in [2.24, 2.45) is 0 Å². The van der Waals surface area contributed by atoms with Crippen molar-refractivity contribution in [3.63, 3.8) is 0 Å². The van der Waals surface area contributed by atoms with E-state index in [0.29, 0.717) is 0 Å². The van der Waals surface area contributed by atoms with E-state index < -0.39 is 0 Å². The van der Waals surface area contributed by atoms with Gasteiger partial charge in [-0.3, -0.25) is 0 Å².